The number of aliphatic hydroxyl groups is 1. The van der Waals surface area contributed by atoms with Crippen LogP contribution in [0.15, 0.2) is 16.8 Å². The Morgan fingerprint density at radius 1 is 1.41 bits per heavy atom. The highest BCUT2D eigenvalue weighted by Crippen LogP contribution is 2.14. The van der Waals surface area contributed by atoms with Gasteiger partial charge in [-0.15, -0.1) is 0 Å². The lowest BCUT2D eigenvalue weighted by molar-refractivity contribution is 0.0690. The Hall–Kier alpha value is -0.460. The zero-order valence-corrected chi connectivity index (χ0v) is 11.0. The molecule has 1 heterocycles. The van der Waals surface area contributed by atoms with Crippen molar-refractivity contribution in [3.63, 3.8) is 0 Å². The molecule has 0 aliphatic rings. The minimum Gasteiger partial charge on any atom is -0.387 e. The van der Waals surface area contributed by atoms with E-state index < -0.39 is 6.10 Å². The van der Waals surface area contributed by atoms with Crippen LogP contribution in [-0.4, -0.2) is 45.1 Å². The van der Waals surface area contributed by atoms with Crippen LogP contribution >= 0.6 is 11.3 Å². The minimum atomic E-state index is -0.407. The van der Waals surface area contributed by atoms with Crippen LogP contribution in [-0.2, 0) is 9.47 Å². The van der Waals surface area contributed by atoms with E-state index in [1.807, 2.05) is 16.8 Å². The van der Waals surface area contributed by atoms with Gasteiger partial charge in [-0.2, -0.15) is 11.3 Å². The molecule has 0 aliphatic carbocycles. The van der Waals surface area contributed by atoms with E-state index in [2.05, 4.69) is 5.32 Å². The fourth-order valence-electron chi connectivity index (χ4n) is 1.36. The number of thiophene rings is 1. The van der Waals surface area contributed by atoms with E-state index in [4.69, 9.17) is 9.47 Å². The van der Waals surface area contributed by atoms with Gasteiger partial charge >= 0.3 is 0 Å². The summed E-state index contributed by atoms with van der Waals surface area (Å²) < 4.78 is 10.2. The molecule has 0 aromatic carbocycles. The van der Waals surface area contributed by atoms with Crippen molar-refractivity contribution in [3.05, 3.63) is 22.4 Å². The van der Waals surface area contributed by atoms with Crippen LogP contribution in [0.2, 0.25) is 0 Å². The maximum Gasteiger partial charge on any atom is 0.0922 e. The molecule has 1 atom stereocenters. The average molecular weight is 259 g/mol. The van der Waals surface area contributed by atoms with Gasteiger partial charge < -0.3 is 19.9 Å². The van der Waals surface area contributed by atoms with Gasteiger partial charge in [0, 0.05) is 20.3 Å². The molecular weight excluding hydrogens is 238 g/mol. The van der Waals surface area contributed by atoms with Crippen molar-refractivity contribution in [2.45, 2.75) is 12.5 Å². The molecule has 0 saturated heterocycles. The molecule has 1 rings (SSSR count). The fraction of sp³-hybridized carbons (Fsp3) is 0.667. The SMILES string of the molecule is COCCOCCCNCC(O)c1ccsc1. The lowest BCUT2D eigenvalue weighted by atomic mass is 10.2. The number of ether oxygens (including phenoxy) is 2. The van der Waals surface area contributed by atoms with Gasteiger partial charge in [-0.1, -0.05) is 0 Å². The van der Waals surface area contributed by atoms with Gasteiger partial charge in [-0.3, -0.25) is 0 Å². The van der Waals surface area contributed by atoms with Gasteiger partial charge in [-0.05, 0) is 35.4 Å². The lowest BCUT2D eigenvalue weighted by Crippen LogP contribution is -2.23. The third-order valence-corrected chi connectivity index (χ3v) is 3.04. The summed E-state index contributed by atoms with van der Waals surface area (Å²) in [4.78, 5) is 0. The molecule has 1 aromatic heterocycles. The molecule has 4 nitrogen and oxygen atoms in total. The van der Waals surface area contributed by atoms with Crippen molar-refractivity contribution in [1.82, 2.24) is 5.32 Å². The second-order valence-electron chi connectivity index (χ2n) is 3.74. The summed E-state index contributed by atoms with van der Waals surface area (Å²) in [6.07, 6.45) is 0.538. The Bertz CT molecular complexity index is 267. The highest BCUT2D eigenvalue weighted by molar-refractivity contribution is 7.07. The van der Waals surface area contributed by atoms with Gasteiger partial charge in [-0.25, -0.2) is 0 Å². The summed E-state index contributed by atoms with van der Waals surface area (Å²) in [5, 5.41) is 16.9. The summed E-state index contributed by atoms with van der Waals surface area (Å²) in [6, 6.07) is 1.95. The summed E-state index contributed by atoms with van der Waals surface area (Å²) in [5.74, 6) is 0. The molecule has 1 aromatic rings. The molecule has 98 valence electrons. The highest BCUT2D eigenvalue weighted by Gasteiger charge is 2.06. The number of rotatable bonds is 10. The fourth-order valence-corrected chi connectivity index (χ4v) is 2.07. The Morgan fingerprint density at radius 2 is 2.29 bits per heavy atom. The van der Waals surface area contributed by atoms with E-state index in [1.165, 1.54) is 0 Å². The van der Waals surface area contributed by atoms with Crippen LogP contribution in [0.25, 0.3) is 0 Å². The first-order valence-corrected chi connectivity index (χ1v) is 6.76. The standard InChI is InChI=1S/C12H21NO3S/c1-15-6-7-16-5-2-4-13-9-12(14)11-3-8-17-10-11/h3,8,10,12-14H,2,4-7,9H2,1H3. The van der Waals surface area contributed by atoms with Crippen LogP contribution in [0.4, 0.5) is 0 Å². The van der Waals surface area contributed by atoms with E-state index in [9.17, 15) is 5.11 Å². The third-order valence-electron chi connectivity index (χ3n) is 2.34. The van der Waals surface area contributed by atoms with Crippen LogP contribution in [0, 0.1) is 0 Å². The van der Waals surface area contributed by atoms with E-state index >= 15 is 0 Å². The largest absolute Gasteiger partial charge is 0.387 e. The molecule has 2 N–H and O–H groups in total. The second-order valence-corrected chi connectivity index (χ2v) is 4.52. The van der Waals surface area contributed by atoms with Crippen molar-refractivity contribution in [1.29, 1.82) is 0 Å². The maximum absolute atomic E-state index is 9.78. The molecule has 17 heavy (non-hydrogen) atoms. The maximum atomic E-state index is 9.78. The first-order valence-electron chi connectivity index (χ1n) is 5.82. The molecule has 0 bridgehead atoms. The molecular formula is C12H21NO3S. The van der Waals surface area contributed by atoms with E-state index in [-0.39, 0.29) is 0 Å². The molecule has 0 fully saturated rings. The highest BCUT2D eigenvalue weighted by atomic mass is 32.1. The van der Waals surface area contributed by atoms with Gasteiger partial charge in [0.2, 0.25) is 0 Å². The zero-order valence-electron chi connectivity index (χ0n) is 10.2. The number of hydrogen-bond acceptors (Lipinski definition) is 5. The summed E-state index contributed by atoms with van der Waals surface area (Å²) in [7, 11) is 1.66. The van der Waals surface area contributed by atoms with E-state index in [0.29, 0.717) is 19.8 Å². The Labute approximate surface area is 107 Å². The lowest BCUT2D eigenvalue weighted by Gasteiger charge is -2.10. The number of methoxy groups -OCH3 is 1. The van der Waals surface area contributed by atoms with Crippen molar-refractivity contribution < 1.29 is 14.6 Å². The molecule has 0 amide bonds. The first-order chi connectivity index (χ1) is 8.34. The Morgan fingerprint density at radius 3 is 3.00 bits per heavy atom. The Balaban J connectivity index is 1.90. The summed E-state index contributed by atoms with van der Waals surface area (Å²) in [6.45, 7) is 3.46. The van der Waals surface area contributed by atoms with E-state index in [0.717, 1.165) is 25.1 Å². The molecule has 0 radical (unpaired) electrons. The van der Waals surface area contributed by atoms with Gasteiger partial charge in [0.15, 0.2) is 0 Å². The summed E-state index contributed by atoms with van der Waals surface area (Å²) >= 11 is 1.60. The molecule has 1 unspecified atom stereocenters. The van der Waals surface area contributed by atoms with Crippen molar-refractivity contribution in [2.75, 3.05) is 40.0 Å². The third kappa shape index (κ3) is 6.75. The summed E-state index contributed by atoms with van der Waals surface area (Å²) in [5.41, 5.74) is 0.985. The topological polar surface area (TPSA) is 50.7 Å². The van der Waals surface area contributed by atoms with Crippen molar-refractivity contribution >= 4 is 11.3 Å². The van der Waals surface area contributed by atoms with Crippen molar-refractivity contribution in [2.24, 2.45) is 0 Å². The zero-order chi connectivity index (χ0) is 12.3. The Kier molecular flexibility index (Phi) is 8.21. The van der Waals surface area contributed by atoms with Crippen molar-refractivity contribution in [3.8, 4) is 0 Å². The van der Waals surface area contributed by atoms with Gasteiger partial charge in [0.25, 0.3) is 0 Å². The van der Waals surface area contributed by atoms with Crippen LogP contribution in [0.3, 0.4) is 0 Å². The van der Waals surface area contributed by atoms with Crippen LogP contribution < -0.4 is 5.32 Å². The minimum absolute atomic E-state index is 0.407. The van der Waals surface area contributed by atoms with E-state index in [1.54, 1.807) is 18.4 Å². The normalized spacial score (nSPS) is 12.8. The van der Waals surface area contributed by atoms with Crippen LogP contribution in [0.5, 0.6) is 0 Å². The second kappa shape index (κ2) is 9.56. The average Bonchev–Trinajstić information content (AvgIpc) is 2.86. The van der Waals surface area contributed by atoms with Crippen LogP contribution in [0.1, 0.15) is 18.1 Å². The smallest absolute Gasteiger partial charge is 0.0922 e. The number of aliphatic hydroxyl groups excluding tert-OH is 1. The van der Waals surface area contributed by atoms with Gasteiger partial charge in [0.1, 0.15) is 0 Å². The molecule has 0 spiro atoms. The molecule has 0 saturated carbocycles. The molecule has 5 heteroatoms. The number of hydrogen-bond donors (Lipinski definition) is 2. The predicted octanol–water partition coefficient (Wildman–Crippen LogP) is 1.42. The first kappa shape index (κ1) is 14.6. The quantitative estimate of drug-likeness (QED) is 0.624. The monoisotopic (exact) mass is 259 g/mol. The van der Waals surface area contributed by atoms with Gasteiger partial charge in [0.05, 0.1) is 19.3 Å². The number of nitrogens with one attached hydrogen (secondary N) is 1. The molecule has 0 aliphatic heterocycles. The predicted molar refractivity (Wildman–Crippen MR) is 69.5 cm³/mol.